The topological polar surface area (TPSA) is 27.5 Å². The van der Waals surface area contributed by atoms with Crippen LogP contribution in [0.2, 0.25) is 0 Å². The van der Waals surface area contributed by atoms with Crippen molar-refractivity contribution in [3.05, 3.63) is 5.21 Å². The second kappa shape index (κ2) is 3.82. The van der Waals surface area contributed by atoms with E-state index in [2.05, 4.69) is 34.6 Å². The molecule has 0 bridgehead atoms. The van der Waals surface area contributed by atoms with Crippen LogP contribution in [0, 0.1) is 11.1 Å². The van der Waals surface area contributed by atoms with E-state index in [9.17, 15) is 5.21 Å². The third-order valence-electron chi connectivity index (χ3n) is 4.80. The molecular formula is C12H25NO. The molecule has 1 rings (SSSR count). The summed E-state index contributed by atoms with van der Waals surface area (Å²) in [6, 6.07) is 0. The van der Waals surface area contributed by atoms with E-state index in [0.717, 1.165) is 19.3 Å². The summed E-state index contributed by atoms with van der Waals surface area (Å²) >= 11 is 0. The van der Waals surface area contributed by atoms with Crippen molar-refractivity contribution in [2.45, 2.75) is 71.4 Å². The Labute approximate surface area is 88.3 Å². The zero-order chi connectivity index (χ0) is 11.0. The zero-order valence-electron chi connectivity index (χ0n) is 10.3. The lowest BCUT2D eigenvalue weighted by molar-refractivity contribution is -0.964. The maximum Gasteiger partial charge on any atom is 0.0972 e. The molecule has 14 heavy (non-hydrogen) atoms. The fraction of sp³-hybridized carbons (Fsp3) is 1.00. The number of piperidine rings is 1. The molecule has 4 unspecified atom stereocenters. The fourth-order valence-corrected chi connectivity index (χ4v) is 2.73. The quantitative estimate of drug-likeness (QED) is 0.678. The highest BCUT2D eigenvalue weighted by Gasteiger charge is 2.48. The minimum Gasteiger partial charge on any atom is -0.634 e. The Morgan fingerprint density at radius 1 is 1.29 bits per heavy atom. The van der Waals surface area contributed by atoms with Crippen molar-refractivity contribution in [2.75, 3.05) is 0 Å². The lowest BCUT2D eigenvalue weighted by atomic mass is 9.71. The maximum atomic E-state index is 12.4. The van der Waals surface area contributed by atoms with E-state index in [-0.39, 0.29) is 11.1 Å². The van der Waals surface area contributed by atoms with Gasteiger partial charge in [-0.25, -0.2) is 0 Å². The van der Waals surface area contributed by atoms with Gasteiger partial charge in [0.05, 0.1) is 11.1 Å². The van der Waals surface area contributed by atoms with Gasteiger partial charge in [0.1, 0.15) is 0 Å². The first kappa shape index (κ1) is 12.0. The van der Waals surface area contributed by atoms with E-state index in [4.69, 9.17) is 0 Å². The highest BCUT2D eigenvalue weighted by Crippen LogP contribution is 2.32. The van der Waals surface area contributed by atoms with Crippen molar-refractivity contribution in [2.24, 2.45) is 5.92 Å². The van der Waals surface area contributed by atoms with Crippen molar-refractivity contribution in [3.8, 4) is 0 Å². The number of hydrogen-bond donors (Lipinski definition) is 1. The zero-order valence-corrected chi connectivity index (χ0v) is 10.3. The van der Waals surface area contributed by atoms with Crippen LogP contribution in [0.25, 0.3) is 0 Å². The first-order valence-corrected chi connectivity index (χ1v) is 5.95. The first-order valence-electron chi connectivity index (χ1n) is 5.95. The van der Waals surface area contributed by atoms with Gasteiger partial charge >= 0.3 is 0 Å². The molecule has 1 saturated heterocycles. The molecule has 1 N–H and O–H groups in total. The third-order valence-corrected chi connectivity index (χ3v) is 4.80. The summed E-state index contributed by atoms with van der Waals surface area (Å²) < 4.78 is 0. The van der Waals surface area contributed by atoms with Gasteiger partial charge in [0.25, 0.3) is 0 Å². The number of quaternary nitrogens is 1. The molecule has 0 aromatic heterocycles. The smallest absolute Gasteiger partial charge is 0.0972 e. The SMILES string of the molecule is CCC1(C)CCC(C)C(C)(CC)[NH+]1[O-]. The standard InChI is InChI=1S/C12H25NO/c1-6-11(4)9-8-10(3)12(5,7-2)13(11)14/h10,13H,6-9H2,1-5H3. The Kier molecular flexibility index (Phi) is 3.27. The van der Waals surface area contributed by atoms with Crippen LogP contribution in [0.5, 0.6) is 0 Å². The van der Waals surface area contributed by atoms with Crippen LogP contribution in [-0.4, -0.2) is 11.1 Å². The van der Waals surface area contributed by atoms with Crippen LogP contribution in [0.3, 0.4) is 0 Å². The fourth-order valence-electron chi connectivity index (χ4n) is 2.73. The molecular weight excluding hydrogens is 174 g/mol. The van der Waals surface area contributed by atoms with E-state index < -0.39 is 0 Å². The van der Waals surface area contributed by atoms with Crippen molar-refractivity contribution < 1.29 is 5.06 Å². The second-order valence-corrected chi connectivity index (χ2v) is 5.45. The van der Waals surface area contributed by atoms with E-state index >= 15 is 0 Å². The molecule has 1 aliphatic rings. The molecule has 1 aliphatic heterocycles. The van der Waals surface area contributed by atoms with Gasteiger partial charge in [0.2, 0.25) is 0 Å². The van der Waals surface area contributed by atoms with Gasteiger partial charge in [-0.05, 0) is 33.1 Å². The Balaban J connectivity index is 2.94. The largest absolute Gasteiger partial charge is 0.634 e. The lowest BCUT2D eigenvalue weighted by Crippen LogP contribution is -3.24. The molecule has 0 spiro atoms. The predicted molar refractivity (Wildman–Crippen MR) is 60.1 cm³/mol. The van der Waals surface area contributed by atoms with Gasteiger partial charge in [0, 0.05) is 12.3 Å². The minimum absolute atomic E-state index is 0.0444. The summed E-state index contributed by atoms with van der Waals surface area (Å²) in [7, 11) is 0. The number of nitrogens with one attached hydrogen (secondary N) is 1. The Morgan fingerprint density at radius 2 is 1.86 bits per heavy atom. The first-order chi connectivity index (χ1) is 6.40. The van der Waals surface area contributed by atoms with Crippen LogP contribution in [0.15, 0.2) is 0 Å². The van der Waals surface area contributed by atoms with Gasteiger partial charge < -0.3 is 10.3 Å². The molecule has 4 atom stereocenters. The lowest BCUT2D eigenvalue weighted by Gasteiger charge is -2.57. The van der Waals surface area contributed by atoms with Gasteiger partial charge in [-0.3, -0.25) is 0 Å². The van der Waals surface area contributed by atoms with Gasteiger partial charge in [-0.2, -0.15) is 0 Å². The van der Waals surface area contributed by atoms with Gasteiger partial charge in [-0.15, -0.1) is 0 Å². The van der Waals surface area contributed by atoms with Crippen LogP contribution < -0.4 is 5.06 Å². The average Bonchev–Trinajstić information content (AvgIpc) is 2.21. The Hall–Kier alpha value is -0.0800. The van der Waals surface area contributed by atoms with E-state index in [0.29, 0.717) is 11.0 Å². The summed E-state index contributed by atoms with van der Waals surface area (Å²) in [5.41, 5.74) is -0.111. The normalized spacial score (nSPS) is 49.3. The monoisotopic (exact) mass is 199 g/mol. The van der Waals surface area contributed by atoms with E-state index in [1.807, 2.05) is 0 Å². The predicted octanol–water partition coefficient (Wildman–Crippen LogP) is 2.14. The summed E-state index contributed by atoms with van der Waals surface area (Å²) in [5, 5.41) is 12.9. The van der Waals surface area contributed by atoms with Crippen LogP contribution in [-0.2, 0) is 0 Å². The summed E-state index contributed by atoms with van der Waals surface area (Å²) in [6.45, 7) is 10.8. The molecule has 0 saturated carbocycles. The molecule has 0 radical (unpaired) electrons. The average molecular weight is 199 g/mol. The molecule has 0 aromatic carbocycles. The van der Waals surface area contributed by atoms with E-state index in [1.165, 1.54) is 6.42 Å². The van der Waals surface area contributed by atoms with Crippen molar-refractivity contribution >= 4 is 0 Å². The third kappa shape index (κ3) is 1.59. The second-order valence-electron chi connectivity index (χ2n) is 5.45. The molecule has 1 heterocycles. The molecule has 2 nitrogen and oxygen atoms in total. The van der Waals surface area contributed by atoms with Crippen molar-refractivity contribution in [1.82, 2.24) is 0 Å². The van der Waals surface area contributed by atoms with Crippen molar-refractivity contribution in [1.29, 1.82) is 0 Å². The van der Waals surface area contributed by atoms with Crippen LogP contribution in [0.1, 0.15) is 60.3 Å². The molecule has 0 amide bonds. The molecule has 0 aromatic rings. The Morgan fingerprint density at radius 3 is 2.29 bits per heavy atom. The summed E-state index contributed by atoms with van der Waals surface area (Å²) in [5.74, 6) is 0.555. The number of hydroxylamine groups is 2. The van der Waals surface area contributed by atoms with Crippen molar-refractivity contribution in [3.63, 3.8) is 0 Å². The molecule has 1 fully saturated rings. The highest BCUT2D eigenvalue weighted by atomic mass is 16.5. The molecule has 0 aliphatic carbocycles. The van der Waals surface area contributed by atoms with E-state index in [1.54, 1.807) is 0 Å². The minimum atomic E-state index is -0.0665. The van der Waals surface area contributed by atoms with Crippen LogP contribution in [0.4, 0.5) is 0 Å². The summed E-state index contributed by atoms with van der Waals surface area (Å²) in [6.07, 6.45) is 4.27. The summed E-state index contributed by atoms with van der Waals surface area (Å²) in [4.78, 5) is 0. The molecule has 2 heteroatoms. The number of hydrogen-bond acceptors (Lipinski definition) is 1. The van der Waals surface area contributed by atoms with Gasteiger partial charge in [0.15, 0.2) is 0 Å². The molecule has 84 valence electrons. The Bertz CT molecular complexity index is 206. The maximum absolute atomic E-state index is 12.4. The van der Waals surface area contributed by atoms with Crippen LogP contribution >= 0.6 is 0 Å². The number of rotatable bonds is 2. The highest BCUT2D eigenvalue weighted by molar-refractivity contribution is 4.89. The van der Waals surface area contributed by atoms with Gasteiger partial charge in [-0.1, -0.05) is 20.8 Å².